The monoisotopic (exact) mass is 489 g/mol. The molecule has 0 aromatic heterocycles. The molecule has 0 bridgehead atoms. The van der Waals surface area contributed by atoms with Gasteiger partial charge in [-0.3, -0.25) is 4.99 Å². The minimum atomic E-state index is -0.186. The summed E-state index contributed by atoms with van der Waals surface area (Å²) in [6.45, 7) is 4.73. The number of hydrogen-bond acceptors (Lipinski definition) is 3. The Labute approximate surface area is 177 Å². The highest BCUT2D eigenvalue weighted by molar-refractivity contribution is 14.0. The fourth-order valence-electron chi connectivity index (χ4n) is 2.38. The maximum Gasteiger partial charge on any atom is 0.193 e. The van der Waals surface area contributed by atoms with Gasteiger partial charge in [0.2, 0.25) is 0 Å². The quantitative estimate of drug-likeness (QED) is 0.351. The molecule has 0 radical (unpaired) electrons. The normalized spacial score (nSPS) is 11.5. The molecule has 2 aromatic rings. The zero-order valence-electron chi connectivity index (χ0n) is 15.4. The van der Waals surface area contributed by atoms with Gasteiger partial charge in [0.05, 0.1) is 20.8 Å². The van der Waals surface area contributed by atoms with E-state index < -0.39 is 0 Å². The standard InChI is InChI=1S/C19H24ClN3O2.HI/c1-19(2,13-6-5-7-14(20)10-13)12-22-18(21)23-15-8-9-16(24-3)17(11-15)25-4;/h5-11H,12H2,1-4H3,(H3,21,22,23);1H. The summed E-state index contributed by atoms with van der Waals surface area (Å²) >= 11 is 6.08. The second kappa shape index (κ2) is 9.87. The van der Waals surface area contributed by atoms with Gasteiger partial charge in [-0.15, -0.1) is 24.0 Å². The van der Waals surface area contributed by atoms with Crippen LogP contribution in [0.1, 0.15) is 19.4 Å². The molecule has 7 heteroatoms. The first kappa shape index (κ1) is 22.4. The van der Waals surface area contributed by atoms with Crippen LogP contribution in [0.15, 0.2) is 47.5 Å². The smallest absolute Gasteiger partial charge is 0.193 e. The van der Waals surface area contributed by atoms with Gasteiger partial charge in [-0.2, -0.15) is 0 Å². The lowest BCUT2D eigenvalue weighted by atomic mass is 9.85. The van der Waals surface area contributed by atoms with Crippen molar-refractivity contribution in [3.63, 3.8) is 0 Å². The maximum atomic E-state index is 6.08. The molecule has 0 atom stereocenters. The first-order chi connectivity index (χ1) is 11.9. The van der Waals surface area contributed by atoms with Crippen molar-refractivity contribution in [2.24, 2.45) is 10.7 Å². The van der Waals surface area contributed by atoms with Crippen molar-refractivity contribution in [1.29, 1.82) is 0 Å². The molecule has 2 rings (SSSR count). The summed E-state index contributed by atoms with van der Waals surface area (Å²) in [6, 6.07) is 13.3. The maximum absolute atomic E-state index is 6.08. The zero-order valence-corrected chi connectivity index (χ0v) is 18.5. The van der Waals surface area contributed by atoms with E-state index in [4.69, 9.17) is 26.8 Å². The number of benzene rings is 2. The van der Waals surface area contributed by atoms with Crippen LogP contribution < -0.4 is 20.5 Å². The van der Waals surface area contributed by atoms with Crippen molar-refractivity contribution in [2.45, 2.75) is 19.3 Å². The van der Waals surface area contributed by atoms with Gasteiger partial charge in [0.25, 0.3) is 0 Å². The van der Waals surface area contributed by atoms with E-state index in [1.54, 1.807) is 14.2 Å². The number of halogens is 2. The van der Waals surface area contributed by atoms with Gasteiger partial charge in [-0.1, -0.05) is 37.6 Å². The lowest BCUT2D eigenvalue weighted by molar-refractivity contribution is 0.355. The Morgan fingerprint density at radius 1 is 1.12 bits per heavy atom. The van der Waals surface area contributed by atoms with Crippen LogP contribution in [-0.4, -0.2) is 26.7 Å². The molecule has 0 unspecified atom stereocenters. The van der Waals surface area contributed by atoms with Crippen LogP contribution in [-0.2, 0) is 5.41 Å². The summed E-state index contributed by atoms with van der Waals surface area (Å²) in [6.07, 6.45) is 0. The van der Waals surface area contributed by atoms with Crippen molar-refractivity contribution in [2.75, 3.05) is 26.1 Å². The third-order valence-corrected chi connectivity index (χ3v) is 4.14. The fourth-order valence-corrected chi connectivity index (χ4v) is 2.58. The fraction of sp³-hybridized carbons (Fsp3) is 0.316. The highest BCUT2D eigenvalue weighted by Gasteiger charge is 2.20. The zero-order chi connectivity index (χ0) is 18.4. The van der Waals surface area contributed by atoms with E-state index in [1.807, 2.05) is 42.5 Å². The summed E-state index contributed by atoms with van der Waals surface area (Å²) in [7, 11) is 3.19. The number of guanidine groups is 1. The summed E-state index contributed by atoms with van der Waals surface area (Å²) in [4.78, 5) is 4.46. The first-order valence-corrected chi connectivity index (χ1v) is 8.28. The Kier molecular flexibility index (Phi) is 8.49. The van der Waals surface area contributed by atoms with E-state index in [2.05, 4.69) is 24.2 Å². The predicted molar refractivity (Wildman–Crippen MR) is 120 cm³/mol. The number of hydrogen-bond donors (Lipinski definition) is 2. The van der Waals surface area contributed by atoms with Crippen molar-refractivity contribution in [3.8, 4) is 11.5 Å². The average molecular weight is 490 g/mol. The van der Waals surface area contributed by atoms with E-state index in [0.717, 1.165) is 11.3 Å². The van der Waals surface area contributed by atoms with Gasteiger partial charge in [-0.05, 0) is 29.8 Å². The third kappa shape index (κ3) is 5.95. The van der Waals surface area contributed by atoms with E-state index in [-0.39, 0.29) is 29.4 Å². The first-order valence-electron chi connectivity index (χ1n) is 7.91. The number of anilines is 1. The molecule has 0 aliphatic carbocycles. The van der Waals surface area contributed by atoms with E-state index in [1.165, 1.54) is 0 Å². The van der Waals surface area contributed by atoms with Gasteiger partial charge in [0, 0.05) is 22.2 Å². The highest BCUT2D eigenvalue weighted by Crippen LogP contribution is 2.30. The molecule has 0 aliphatic heterocycles. The molecule has 0 aliphatic rings. The number of methoxy groups -OCH3 is 2. The number of nitrogens with two attached hydrogens (primary N) is 1. The van der Waals surface area contributed by atoms with E-state index in [0.29, 0.717) is 29.0 Å². The lowest BCUT2D eigenvalue weighted by Crippen LogP contribution is -2.27. The van der Waals surface area contributed by atoms with Gasteiger partial charge >= 0.3 is 0 Å². The number of aliphatic imine (C=N–C) groups is 1. The third-order valence-electron chi connectivity index (χ3n) is 3.91. The molecule has 0 saturated carbocycles. The highest BCUT2D eigenvalue weighted by atomic mass is 127. The molecule has 142 valence electrons. The summed E-state index contributed by atoms with van der Waals surface area (Å²) in [5.41, 5.74) is 7.73. The Morgan fingerprint density at radius 3 is 2.42 bits per heavy atom. The van der Waals surface area contributed by atoms with E-state index in [9.17, 15) is 0 Å². The van der Waals surface area contributed by atoms with Crippen LogP contribution in [0.4, 0.5) is 5.69 Å². The molecule has 3 N–H and O–H groups in total. The Balaban J connectivity index is 0.00000338. The second-order valence-electron chi connectivity index (χ2n) is 6.29. The molecule has 0 spiro atoms. The van der Waals surface area contributed by atoms with Crippen molar-refractivity contribution in [1.82, 2.24) is 0 Å². The molecular weight excluding hydrogens is 465 g/mol. The molecular formula is C19H25ClIN3O2. The van der Waals surface area contributed by atoms with Crippen LogP contribution >= 0.6 is 35.6 Å². The Hall–Kier alpha value is -1.67. The largest absolute Gasteiger partial charge is 0.493 e. The lowest BCUT2D eigenvalue weighted by Gasteiger charge is -2.23. The van der Waals surface area contributed by atoms with Crippen LogP contribution in [0.2, 0.25) is 5.02 Å². The molecule has 2 aromatic carbocycles. The summed E-state index contributed by atoms with van der Waals surface area (Å²) in [5.74, 6) is 1.62. The summed E-state index contributed by atoms with van der Waals surface area (Å²) < 4.78 is 10.5. The van der Waals surface area contributed by atoms with E-state index >= 15 is 0 Å². The van der Waals surface area contributed by atoms with Crippen LogP contribution in [0.3, 0.4) is 0 Å². The van der Waals surface area contributed by atoms with Crippen molar-refractivity contribution in [3.05, 3.63) is 53.1 Å². The van der Waals surface area contributed by atoms with Crippen LogP contribution in [0.25, 0.3) is 0 Å². The minimum absolute atomic E-state index is 0. The molecule has 0 saturated heterocycles. The minimum Gasteiger partial charge on any atom is -0.493 e. The number of rotatable bonds is 6. The SMILES string of the molecule is COc1ccc(NC(N)=NCC(C)(C)c2cccc(Cl)c2)cc1OC.I. The van der Waals surface area contributed by atoms with Crippen molar-refractivity contribution < 1.29 is 9.47 Å². The second-order valence-corrected chi connectivity index (χ2v) is 6.73. The average Bonchev–Trinajstić information content (AvgIpc) is 2.60. The molecule has 0 amide bonds. The Bertz CT molecular complexity index is 766. The molecule has 26 heavy (non-hydrogen) atoms. The molecule has 0 fully saturated rings. The molecule has 5 nitrogen and oxygen atoms in total. The van der Waals surface area contributed by atoms with Crippen LogP contribution in [0, 0.1) is 0 Å². The van der Waals surface area contributed by atoms with Gasteiger partial charge in [-0.25, -0.2) is 0 Å². The topological polar surface area (TPSA) is 68.9 Å². The molecule has 0 heterocycles. The van der Waals surface area contributed by atoms with Gasteiger partial charge in [0.15, 0.2) is 17.5 Å². The van der Waals surface area contributed by atoms with Crippen LogP contribution in [0.5, 0.6) is 11.5 Å². The predicted octanol–water partition coefficient (Wildman–Crippen LogP) is 4.68. The Morgan fingerprint density at radius 2 is 1.81 bits per heavy atom. The van der Waals surface area contributed by atoms with Crippen molar-refractivity contribution >= 4 is 47.2 Å². The van der Waals surface area contributed by atoms with Gasteiger partial charge < -0.3 is 20.5 Å². The summed E-state index contributed by atoms with van der Waals surface area (Å²) in [5, 5.41) is 3.78. The van der Waals surface area contributed by atoms with Gasteiger partial charge in [0.1, 0.15) is 0 Å². The number of nitrogens with one attached hydrogen (secondary N) is 1. The number of ether oxygens (including phenoxy) is 2. The number of nitrogens with zero attached hydrogens (tertiary/aromatic N) is 1.